The van der Waals surface area contributed by atoms with Crippen LogP contribution in [-0.2, 0) is 11.0 Å². The summed E-state index contributed by atoms with van der Waals surface area (Å²) >= 11 is 0. The summed E-state index contributed by atoms with van der Waals surface area (Å²) in [4.78, 5) is 16.4. The molecule has 0 bridgehead atoms. The summed E-state index contributed by atoms with van der Waals surface area (Å²) in [5.41, 5.74) is -1.42. The lowest BCUT2D eigenvalue weighted by Gasteiger charge is -2.27. The molecular formula is C13H14F4N2O. The van der Waals surface area contributed by atoms with Gasteiger partial charge in [-0.2, -0.15) is 17.6 Å². The molecule has 1 unspecified atom stereocenters. The molecule has 0 aliphatic carbocycles. The smallest absolute Gasteiger partial charge is 0.293 e. The average Bonchev–Trinajstić information content (AvgIpc) is 2.69. The highest BCUT2D eigenvalue weighted by Gasteiger charge is 2.38. The third-order valence-electron chi connectivity index (χ3n) is 3.41. The van der Waals surface area contributed by atoms with E-state index in [1.807, 2.05) is 13.8 Å². The van der Waals surface area contributed by atoms with E-state index in [0.29, 0.717) is 18.9 Å². The van der Waals surface area contributed by atoms with Gasteiger partial charge in [0.2, 0.25) is 11.9 Å². The second kappa shape index (κ2) is 5.03. The van der Waals surface area contributed by atoms with Crippen molar-refractivity contribution in [3.8, 4) is 0 Å². The zero-order valence-electron chi connectivity index (χ0n) is 11.0. The molecule has 1 amide bonds. The first-order chi connectivity index (χ1) is 9.21. The second-order valence-corrected chi connectivity index (χ2v) is 5.12. The minimum Gasteiger partial charge on any atom is -0.293 e. The maximum Gasteiger partial charge on any atom is 0.420 e. The molecule has 110 valence electrons. The first-order valence-corrected chi connectivity index (χ1v) is 6.27. The SMILES string of the molecule is CC(C)C1CCC(=O)N1c1ccc(C(F)(F)F)c(F)n1. The van der Waals surface area contributed by atoms with Crippen molar-refractivity contribution in [2.24, 2.45) is 5.92 Å². The van der Waals surface area contributed by atoms with Gasteiger partial charge in [0.05, 0.1) is 0 Å². The van der Waals surface area contributed by atoms with E-state index in [1.165, 1.54) is 4.90 Å². The summed E-state index contributed by atoms with van der Waals surface area (Å²) in [6.45, 7) is 3.80. The van der Waals surface area contributed by atoms with Crippen molar-refractivity contribution in [1.82, 2.24) is 4.98 Å². The highest BCUT2D eigenvalue weighted by Crippen LogP contribution is 2.34. The molecule has 2 heterocycles. The van der Waals surface area contributed by atoms with Gasteiger partial charge in [0.15, 0.2) is 0 Å². The van der Waals surface area contributed by atoms with Crippen LogP contribution in [0.3, 0.4) is 0 Å². The molecule has 1 fully saturated rings. The number of aromatic nitrogens is 1. The number of carbonyl (C=O) groups is 1. The third-order valence-corrected chi connectivity index (χ3v) is 3.41. The molecule has 1 aromatic heterocycles. The molecule has 1 aromatic rings. The van der Waals surface area contributed by atoms with Gasteiger partial charge in [0.1, 0.15) is 11.4 Å². The molecule has 0 spiro atoms. The van der Waals surface area contributed by atoms with Gasteiger partial charge < -0.3 is 0 Å². The highest BCUT2D eigenvalue weighted by molar-refractivity contribution is 5.95. The number of halogens is 4. The van der Waals surface area contributed by atoms with Crippen molar-refractivity contribution in [3.05, 3.63) is 23.6 Å². The second-order valence-electron chi connectivity index (χ2n) is 5.12. The summed E-state index contributed by atoms with van der Waals surface area (Å²) in [7, 11) is 0. The predicted molar refractivity (Wildman–Crippen MR) is 64.5 cm³/mol. The van der Waals surface area contributed by atoms with E-state index in [0.717, 1.165) is 6.07 Å². The van der Waals surface area contributed by atoms with Crippen molar-refractivity contribution in [3.63, 3.8) is 0 Å². The van der Waals surface area contributed by atoms with Crippen LogP contribution < -0.4 is 4.90 Å². The van der Waals surface area contributed by atoms with Gasteiger partial charge in [-0.1, -0.05) is 13.8 Å². The van der Waals surface area contributed by atoms with Crippen LogP contribution in [0.5, 0.6) is 0 Å². The molecule has 0 N–H and O–H groups in total. The standard InChI is InChI=1S/C13H14F4N2O/c1-7(2)9-4-6-11(20)19(9)10-5-3-8(12(14)18-10)13(15,16)17/h3,5,7,9H,4,6H2,1-2H3. The molecule has 1 saturated heterocycles. The summed E-state index contributed by atoms with van der Waals surface area (Å²) < 4.78 is 50.9. The minimum absolute atomic E-state index is 0.0586. The van der Waals surface area contributed by atoms with E-state index in [9.17, 15) is 22.4 Å². The van der Waals surface area contributed by atoms with E-state index in [4.69, 9.17) is 0 Å². The van der Waals surface area contributed by atoms with Gasteiger partial charge in [0.25, 0.3) is 0 Å². The van der Waals surface area contributed by atoms with E-state index < -0.39 is 17.7 Å². The Morgan fingerprint density at radius 2 is 2.00 bits per heavy atom. The molecule has 2 rings (SSSR count). The topological polar surface area (TPSA) is 33.2 Å². The number of hydrogen-bond donors (Lipinski definition) is 0. The Balaban J connectivity index is 2.38. The van der Waals surface area contributed by atoms with Crippen molar-refractivity contribution >= 4 is 11.7 Å². The van der Waals surface area contributed by atoms with Crippen molar-refractivity contribution in [1.29, 1.82) is 0 Å². The van der Waals surface area contributed by atoms with E-state index in [-0.39, 0.29) is 23.7 Å². The number of pyridine rings is 1. The van der Waals surface area contributed by atoms with Gasteiger partial charge in [-0.15, -0.1) is 0 Å². The molecule has 1 aliphatic rings. The Hall–Kier alpha value is -1.66. The highest BCUT2D eigenvalue weighted by atomic mass is 19.4. The fraction of sp³-hybridized carbons (Fsp3) is 0.538. The molecular weight excluding hydrogens is 276 g/mol. The molecule has 1 aliphatic heterocycles. The Labute approximate surface area is 113 Å². The number of amides is 1. The van der Waals surface area contributed by atoms with Crippen molar-refractivity contribution in [2.45, 2.75) is 38.9 Å². The van der Waals surface area contributed by atoms with Crippen LogP contribution >= 0.6 is 0 Å². The van der Waals surface area contributed by atoms with Gasteiger partial charge in [-0.05, 0) is 24.5 Å². The van der Waals surface area contributed by atoms with Gasteiger partial charge >= 0.3 is 6.18 Å². The summed E-state index contributed by atoms with van der Waals surface area (Å²) in [6.07, 6.45) is -3.89. The summed E-state index contributed by atoms with van der Waals surface area (Å²) in [5, 5.41) is 0. The van der Waals surface area contributed by atoms with Crippen LogP contribution in [0.1, 0.15) is 32.3 Å². The molecule has 7 heteroatoms. The van der Waals surface area contributed by atoms with Crippen LogP contribution in [0.4, 0.5) is 23.4 Å². The quantitative estimate of drug-likeness (QED) is 0.618. The predicted octanol–water partition coefficient (Wildman–Crippen LogP) is 3.39. The zero-order valence-corrected chi connectivity index (χ0v) is 11.0. The van der Waals surface area contributed by atoms with Gasteiger partial charge in [0, 0.05) is 12.5 Å². The van der Waals surface area contributed by atoms with Crippen molar-refractivity contribution < 1.29 is 22.4 Å². The molecule has 0 radical (unpaired) electrons. The fourth-order valence-corrected chi connectivity index (χ4v) is 2.41. The largest absolute Gasteiger partial charge is 0.420 e. The molecule has 0 saturated carbocycles. The number of carbonyl (C=O) groups excluding carboxylic acids is 1. The lowest BCUT2D eigenvalue weighted by Crippen LogP contribution is -2.37. The number of rotatable bonds is 2. The molecule has 1 atom stereocenters. The molecule has 20 heavy (non-hydrogen) atoms. The molecule has 3 nitrogen and oxygen atoms in total. The Bertz CT molecular complexity index is 528. The maximum absolute atomic E-state index is 13.5. The van der Waals surface area contributed by atoms with E-state index >= 15 is 0 Å². The van der Waals surface area contributed by atoms with E-state index in [1.54, 1.807) is 0 Å². The Morgan fingerprint density at radius 3 is 2.50 bits per heavy atom. The lowest BCUT2D eigenvalue weighted by molar-refractivity contribution is -0.140. The van der Waals surface area contributed by atoms with Crippen LogP contribution in [0.25, 0.3) is 0 Å². The maximum atomic E-state index is 13.5. The minimum atomic E-state index is -4.79. The average molecular weight is 290 g/mol. The van der Waals surface area contributed by atoms with E-state index in [2.05, 4.69) is 4.98 Å². The van der Waals surface area contributed by atoms with Gasteiger partial charge in [-0.3, -0.25) is 9.69 Å². The number of alkyl halides is 3. The first-order valence-electron chi connectivity index (χ1n) is 6.27. The number of nitrogens with zero attached hydrogens (tertiary/aromatic N) is 2. The van der Waals surface area contributed by atoms with Crippen LogP contribution in [0, 0.1) is 11.9 Å². The lowest BCUT2D eigenvalue weighted by atomic mass is 10.0. The van der Waals surface area contributed by atoms with Crippen LogP contribution in [-0.4, -0.2) is 16.9 Å². The van der Waals surface area contributed by atoms with Gasteiger partial charge in [-0.25, -0.2) is 4.98 Å². The third kappa shape index (κ3) is 2.62. The summed E-state index contributed by atoms with van der Waals surface area (Å²) in [6, 6.07) is 1.51. The monoisotopic (exact) mass is 290 g/mol. The number of anilines is 1. The summed E-state index contributed by atoms with van der Waals surface area (Å²) in [5.74, 6) is -1.78. The normalized spacial score (nSPS) is 20.1. The Kier molecular flexibility index (Phi) is 3.71. The fourth-order valence-electron chi connectivity index (χ4n) is 2.41. The van der Waals surface area contributed by atoms with Crippen molar-refractivity contribution in [2.75, 3.05) is 4.90 Å². The zero-order chi connectivity index (χ0) is 15.1. The van der Waals surface area contributed by atoms with Crippen LogP contribution in [0.2, 0.25) is 0 Å². The Morgan fingerprint density at radius 1 is 1.35 bits per heavy atom. The number of hydrogen-bond acceptors (Lipinski definition) is 2. The molecule has 0 aromatic carbocycles. The first kappa shape index (κ1) is 14.7. The van der Waals surface area contributed by atoms with Crippen LogP contribution in [0.15, 0.2) is 12.1 Å².